The monoisotopic (exact) mass is 286 g/mol. The molecule has 2 rings (SSSR count). The van der Waals surface area contributed by atoms with E-state index in [9.17, 15) is 0 Å². The summed E-state index contributed by atoms with van der Waals surface area (Å²) in [6.45, 7) is 0.612. The third-order valence-electron chi connectivity index (χ3n) is 2.59. The number of rotatable bonds is 5. The smallest absolute Gasteiger partial charge is 0.191 e. The zero-order valence-electron chi connectivity index (χ0n) is 10.9. The van der Waals surface area contributed by atoms with Crippen LogP contribution in [0.25, 0.3) is 0 Å². The van der Waals surface area contributed by atoms with Crippen molar-refractivity contribution < 1.29 is 0 Å². The molecule has 0 amide bonds. The minimum Gasteiger partial charge on any atom is -0.366 e. The summed E-state index contributed by atoms with van der Waals surface area (Å²) in [5, 5.41) is 12.6. The summed E-state index contributed by atoms with van der Waals surface area (Å²) in [5.74, 6) is 6.63. The van der Waals surface area contributed by atoms with Crippen molar-refractivity contribution in [1.82, 2.24) is 9.97 Å². The van der Waals surface area contributed by atoms with E-state index in [1.54, 1.807) is 18.2 Å². The maximum Gasteiger partial charge on any atom is 0.191 e. The molecule has 0 fully saturated rings. The molecule has 4 N–H and O–H groups in total. The molecule has 6 nitrogen and oxygen atoms in total. The summed E-state index contributed by atoms with van der Waals surface area (Å²) in [5.41, 5.74) is 4.23. The number of aromatic nitrogens is 2. The van der Waals surface area contributed by atoms with Crippen molar-refractivity contribution >= 4 is 23.4 Å². The normalized spacial score (nSPS) is 9.85. The topological polar surface area (TPSA) is 99.6 Å². The van der Waals surface area contributed by atoms with Crippen LogP contribution in [0.2, 0.25) is 0 Å². The van der Waals surface area contributed by atoms with Crippen molar-refractivity contribution in [3.05, 3.63) is 41.5 Å². The van der Waals surface area contributed by atoms with Crippen LogP contribution in [0.1, 0.15) is 11.1 Å². The maximum absolute atomic E-state index is 8.75. The number of hydrazine groups is 1. The van der Waals surface area contributed by atoms with Crippen LogP contribution in [-0.4, -0.2) is 16.2 Å². The van der Waals surface area contributed by atoms with E-state index in [0.29, 0.717) is 28.9 Å². The highest BCUT2D eigenvalue weighted by molar-refractivity contribution is 7.98. The third kappa shape index (κ3) is 3.60. The van der Waals surface area contributed by atoms with Crippen LogP contribution in [0.15, 0.2) is 35.5 Å². The summed E-state index contributed by atoms with van der Waals surface area (Å²) in [6.07, 6.45) is 1.90. The van der Waals surface area contributed by atoms with Gasteiger partial charge in [0.1, 0.15) is 11.6 Å². The Morgan fingerprint density at radius 2 is 1.95 bits per heavy atom. The SMILES string of the molecule is CSc1nc(NN)cc(NCc2ccc(C#N)cc2)n1. The number of nitrogens with zero attached hydrogens (tertiary/aromatic N) is 3. The van der Waals surface area contributed by atoms with Gasteiger partial charge < -0.3 is 10.7 Å². The molecule has 1 heterocycles. The lowest BCUT2D eigenvalue weighted by molar-refractivity contribution is 0.953. The number of nitrogens with two attached hydrogens (primary N) is 1. The summed E-state index contributed by atoms with van der Waals surface area (Å²) in [7, 11) is 0. The Labute approximate surface area is 121 Å². The first-order valence-electron chi connectivity index (χ1n) is 5.87. The molecule has 0 aliphatic heterocycles. The molecule has 0 bridgehead atoms. The van der Waals surface area contributed by atoms with Crippen LogP contribution in [-0.2, 0) is 6.54 Å². The van der Waals surface area contributed by atoms with Gasteiger partial charge in [-0.25, -0.2) is 15.8 Å². The lowest BCUT2D eigenvalue weighted by atomic mass is 10.1. The maximum atomic E-state index is 8.75. The van der Waals surface area contributed by atoms with E-state index in [1.165, 1.54) is 11.8 Å². The molecule has 2 aromatic rings. The first kappa shape index (κ1) is 14.1. The number of nitrogens with one attached hydrogen (secondary N) is 2. The first-order valence-corrected chi connectivity index (χ1v) is 7.10. The van der Waals surface area contributed by atoms with Gasteiger partial charge in [0.25, 0.3) is 0 Å². The van der Waals surface area contributed by atoms with Crippen LogP contribution < -0.4 is 16.6 Å². The van der Waals surface area contributed by atoms with Crippen LogP contribution >= 0.6 is 11.8 Å². The fourth-order valence-electron chi connectivity index (χ4n) is 1.57. The molecule has 0 aliphatic carbocycles. The molecule has 102 valence electrons. The highest BCUT2D eigenvalue weighted by atomic mass is 32.2. The molecular weight excluding hydrogens is 272 g/mol. The second kappa shape index (κ2) is 6.75. The fourth-order valence-corrected chi connectivity index (χ4v) is 1.95. The van der Waals surface area contributed by atoms with Gasteiger partial charge in [0.05, 0.1) is 11.6 Å². The van der Waals surface area contributed by atoms with E-state index in [0.717, 1.165) is 5.56 Å². The zero-order chi connectivity index (χ0) is 14.4. The van der Waals surface area contributed by atoms with E-state index >= 15 is 0 Å². The average molecular weight is 286 g/mol. The van der Waals surface area contributed by atoms with Crippen molar-refractivity contribution in [2.75, 3.05) is 17.0 Å². The zero-order valence-corrected chi connectivity index (χ0v) is 11.7. The molecule has 0 spiro atoms. The third-order valence-corrected chi connectivity index (χ3v) is 3.14. The summed E-state index contributed by atoms with van der Waals surface area (Å²) < 4.78 is 0. The number of benzene rings is 1. The summed E-state index contributed by atoms with van der Waals surface area (Å²) in [6, 6.07) is 11.2. The number of hydrogen-bond donors (Lipinski definition) is 3. The first-order chi connectivity index (χ1) is 9.75. The number of thioether (sulfide) groups is 1. The highest BCUT2D eigenvalue weighted by Crippen LogP contribution is 2.17. The number of anilines is 2. The molecule has 1 aromatic carbocycles. The van der Waals surface area contributed by atoms with Gasteiger partial charge in [-0.1, -0.05) is 23.9 Å². The van der Waals surface area contributed by atoms with E-state index in [-0.39, 0.29) is 0 Å². The van der Waals surface area contributed by atoms with Crippen molar-refractivity contribution in [3.63, 3.8) is 0 Å². The largest absolute Gasteiger partial charge is 0.366 e. The summed E-state index contributed by atoms with van der Waals surface area (Å²) in [4.78, 5) is 8.53. The van der Waals surface area contributed by atoms with Crippen LogP contribution in [0.3, 0.4) is 0 Å². The van der Waals surface area contributed by atoms with Gasteiger partial charge in [0, 0.05) is 12.6 Å². The number of nitriles is 1. The Hall–Kier alpha value is -2.30. The van der Waals surface area contributed by atoms with Gasteiger partial charge in [-0.05, 0) is 24.0 Å². The molecule has 20 heavy (non-hydrogen) atoms. The Balaban J connectivity index is 2.07. The van der Waals surface area contributed by atoms with E-state index < -0.39 is 0 Å². The number of nitrogen functional groups attached to an aromatic ring is 1. The molecular formula is C13H14N6S. The Morgan fingerprint density at radius 1 is 1.25 bits per heavy atom. The molecule has 0 saturated heterocycles. The standard InChI is InChI=1S/C13H14N6S/c1-20-13-17-11(6-12(18-13)19-15)16-8-10-4-2-9(7-14)3-5-10/h2-6H,8,15H2,1H3,(H2,16,17,18,19). The van der Waals surface area contributed by atoms with Crippen LogP contribution in [0, 0.1) is 11.3 Å². The predicted octanol–water partition coefficient (Wildman–Crippen LogP) is 1.97. The molecule has 0 radical (unpaired) electrons. The molecule has 1 aromatic heterocycles. The molecule has 7 heteroatoms. The minimum atomic E-state index is 0.562. The second-order valence-electron chi connectivity index (χ2n) is 3.93. The van der Waals surface area contributed by atoms with E-state index in [4.69, 9.17) is 11.1 Å². The second-order valence-corrected chi connectivity index (χ2v) is 4.71. The molecule has 0 aliphatic rings. The molecule has 0 atom stereocenters. The van der Waals surface area contributed by atoms with Gasteiger partial charge in [-0.3, -0.25) is 0 Å². The minimum absolute atomic E-state index is 0.562. The Bertz CT molecular complexity index is 597. The van der Waals surface area contributed by atoms with Gasteiger partial charge >= 0.3 is 0 Å². The lowest BCUT2D eigenvalue weighted by Crippen LogP contribution is -2.11. The fraction of sp³-hybridized carbons (Fsp3) is 0.154. The number of hydrogen-bond acceptors (Lipinski definition) is 7. The Morgan fingerprint density at radius 3 is 2.55 bits per heavy atom. The van der Waals surface area contributed by atoms with Crippen molar-refractivity contribution in [1.29, 1.82) is 5.26 Å². The van der Waals surface area contributed by atoms with Crippen LogP contribution in [0.4, 0.5) is 11.6 Å². The van der Waals surface area contributed by atoms with Crippen LogP contribution in [0.5, 0.6) is 0 Å². The van der Waals surface area contributed by atoms with Gasteiger partial charge in [0.2, 0.25) is 0 Å². The lowest BCUT2D eigenvalue weighted by Gasteiger charge is -2.08. The van der Waals surface area contributed by atoms with Crippen molar-refractivity contribution in [2.24, 2.45) is 5.84 Å². The Kier molecular flexibility index (Phi) is 4.76. The van der Waals surface area contributed by atoms with Crippen molar-refractivity contribution in [3.8, 4) is 6.07 Å². The molecule has 0 unspecified atom stereocenters. The van der Waals surface area contributed by atoms with Gasteiger partial charge in [-0.15, -0.1) is 0 Å². The average Bonchev–Trinajstić information content (AvgIpc) is 2.53. The quantitative estimate of drug-likeness (QED) is 0.334. The van der Waals surface area contributed by atoms with Gasteiger partial charge in [-0.2, -0.15) is 5.26 Å². The van der Waals surface area contributed by atoms with Crippen molar-refractivity contribution in [2.45, 2.75) is 11.7 Å². The summed E-state index contributed by atoms with van der Waals surface area (Å²) >= 11 is 1.45. The van der Waals surface area contributed by atoms with E-state index in [2.05, 4.69) is 26.8 Å². The predicted molar refractivity (Wildman–Crippen MR) is 80.1 cm³/mol. The van der Waals surface area contributed by atoms with Gasteiger partial charge in [0.15, 0.2) is 5.16 Å². The highest BCUT2D eigenvalue weighted by Gasteiger charge is 2.03. The van der Waals surface area contributed by atoms with E-state index in [1.807, 2.05) is 18.4 Å². The molecule has 0 saturated carbocycles.